The molecule has 1 amide bonds. The standard InChI is InChI=1S/C16H17BrN2O4S/c1-21-10-7-8(12(17)14(23-3)13(10)22-2)15(20)19-16-18-9-5-4-6-11(9)24-16/h7H,4-6H2,1-3H3,(H,18,19,20). The molecule has 6 nitrogen and oxygen atoms in total. The van der Waals surface area contributed by atoms with Crippen LogP contribution in [0.3, 0.4) is 0 Å². The first-order valence-corrected chi connectivity index (χ1v) is 8.98. The Morgan fingerprint density at radius 2 is 1.96 bits per heavy atom. The Morgan fingerprint density at radius 1 is 1.21 bits per heavy atom. The Labute approximate surface area is 152 Å². The van der Waals surface area contributed by atoms with E-state index in [1.165, 1.54) is 37.5 Å². The summed E-state index contributed by atoms with van der Waals surface area (Å²) in [5.41, 5.74) is 1.49. The number of nitrogens with one attached hydrogen (secondary N) is 1. The van der Waals surface area contributed by atoms with Gasteiger partial charge in [-0.15, -0.1) is 11.3 Å². The minimum Gasteiger partial charge on any atom is -0.493 e. The molecule has 0 spiro atoms. The third kappa shape index (κ3) is 2.95. The second-order valence-electron chi connectivity index (χ2n) is 5.20. The number of rotatable bonds is 5. The van der Waals surface area contributed by atoms with Gasteiger partial charge in [-0.25, -0.2) is 4.98 Å². The lowest BCUT2D eigenvalue weighted by molar-refractivity contribution is 0.102. The molecular formula is C16H17BrN2O4S. The van der Waals surface area contributed by atoms with E-state index in [9.17, 15) is 4.79 Å². The maximum Gasteiger partial charge on any atom is 0.258 e. The van der Waals surface area contributed by atoms with E-state index in [0.717, 1.165) is 25.0 Å². The summed E-state index contributed by atoms with van der Waals surface area (Å²) in [6.45, 7) is 0. The largest absolute Gasteiger partial charge is 0.493 e. The molecule has 0 atom stereocenters. The highest BCUT2D eigenvalue weighted by Gasteiger charge is 2.24. The van der Waals surface area contributed by atoms with Crippen LogP contribution in [0.4, 0.5) is 5.13 Å². The van der Waals surface area contributed by atoms with Crippen LogP contribution in [0.1, 0.15) is 27.3 Å². The van der Waals surface area contributed by atoms with Crippen LogP contribution in [0.2, 0.25) is 0 Å². The van der Waals surface area contributed by atoms with Gasteiger partial charge in [0.1, 0.15) is 0 Å². The monoisotopic (exact) mass is 412 g/mol. The average molecular weight is 413 g/mol. The molecule has 3 rings (SSSR count). The predicted molar refractivity (Wildman–Crippen MR) is 95.9 cm³/mol. The van der Waals surface area contributed by atoms with Gasteiger partial charge in [0, 0.05) is 4.88 Å². The number of halogens is 1. The van der Waals surface area contributed by atoms with E-state index in [2.05, 4.69) is 26.2 Å². The molecule has 0 saturated heterocycles. The molecule has 1 aromatic heterocycles. The van der Waals surface area contributed by atoms with Crippen LogP contribution >= 0.6 is 27.3 Å². The summed E-state index contributed by atoms with van der Waals surface area (Å²) in [6, 6.07) is 1.61. The number of ether oxygens (including phenoxy) is 3. The normalized spacial score (nSPS) is 12.7. The number of carbonyl (C=O) groups is 1. The maximum absolute atomic E-state index is 12.7. The van der Waals surface area contributed by atoms with Crippen molar-refractivity contribution >= 4 is 38.3 Å². The molecule has 1 aliphatic carbocycles. The van der Waals surface area contributed by atoms with Crippen LogP contribution in [0.15, 0.2) is 10.5 Å². The molecule has 128 valence electrons. The zero-order valence-corrected chi connectivity index (χ0v) is 16.0. The van der Waals surface area contributed by atoms with Crippen molar-refractivity contribution in [3.05, 3.63) is 26.7 Å². The fourth-order valence-corrected chi connectivity index (χ4v) is 4.38. The summed E-state index contributed by atoms with van der Waals surface area (Å²) < 4.78 is 16.5. The molecule has 0 radical (unpaired) electrons. The maximum atomic E-state index is 12.7. The molecule has 0 bridgehead atoms. The van der Waals surface area contributed by atoms with Crippen LogP contribution in [0.25, 0.3) is 0 Å². The van der Waals surface area contributed by atoms with Gasteiger partial charge in [-0.2, -0.15) is 0 Å². The molecule has 1 N–H and O–H groups in total. The third-order valence-corrected chi connectivity index (χ3v) is 5.69. The number of anilines is 1. The number of hydrogen-bond donors (Lipinski definition) is 1. The predicted octanol–water partition coefficient (Wildman–Crippen LogP) is 3.67. The van der Waals surface area contributed by atoms with E-state index in [-0.39, 0.29) is 5.91 Å². The summed E-state index contributed by atoms with van der Waals surface area (Å²) in [5.74, 6) is 0.971. The number of aryl methyl sites for hydroxylation is 2. The minimum atomic E-state index is -0.284. The number of nitrogens with zero attached hydrogens (tertiary/aromatic N) is 1. The molecular weight excluding hydrogens is 396 g/mol. The van der Waals surface area contributed by atoms with Crippen LogP contribution < -0.4 is 19.5 Å². The molecule has 0 fully saturated rings. The van der Waals surface area contributed by atoms with E-state index in [1.807, 2.05) is 0 Å². The lowest BCUT2D eigenvalue weighted by Crippen LogP contribution is -2.13. The fraction of sp³-hybridized carbons (Fsp3) is 0.375. The van der Waals surface area contributed by atoms with Crippen molar-refractivity contribution in [2.24, 2.45) is 0 Å². The molecule has 0 saturated carbocycles. The first-order valence-electron chi connectivity index (χ1n) is 7.37. The summed E-state index contributed by atoms with van der Waals surface area (Å²) in [7, 11) is 4.54. The lowest BCUT2D eigenvalue weighted by Gasteiger charge is -2.16. The van der Waals surface area contributed by atoms with Crippen LogP contribution in [0, 0.1) is 0 Å². The molecule has 0 aliphatic heterocycles. The zero-order valence-electron chi connectivity index (χ0n) is 13.6. The quantitative estimate of drug-likeness (QED) is 0.810. The van der Waals surface area contributed by atoms with Gasteiger partial charge in [-0.3, -0.25) is 10.1 Å². The molecule has 0 unspecified atom stereocenters. The van der Waals surface area contributed by atoms with Gasteiger partial charge < -0.3 is 14.2 Å². The van der Waals surface area contributed by atoms with Gasteiger partial charge in [0.15, 0.2) is 16.6 Å². The minimum absolute atomic E-state index is 0.284. The van der Waals surface area contributed by atoms with Crippen molar-refractivity contribution < 1.29 is 19.0 Å². The van der Waals surface area contributed by atoms with Crippen molar-refractivity contribution in [2.45, 2.75) is 19.3 Å². The van der Waals surface area contributed by atoms with E-state index in [1.54, 1.807) is 6.07 Å². The lowest BCUT2D eigenvalue weighted by atomic mass is 10.1. The fourth-order valence-electron chi connectivity index (χ4n) is 2.69. The number of hydrogen-bond acceptors (Lipinski definition) is 6. The number of benzene rings is 1. The molecule has 2 aromatic rings. The average Bonchev–Trinajstić information content (AvgIpc) is 3.15. The topological polar surface area (TPSA) is 69.7 Å². The summed E-state index contributed by atoms with van der Waals surface area (Å²) in [5, 5.41) is 3.47. The SMILES string of the molecule is COc1cc(C(=O)Nc2nc3c(s2)CCC3)c(Br)c(OC)c1OC. The van der Waals surface area contributed by atoms with Gasteiger partial charge in [-0.05, 0) is 41.3 Å². The smallest absolute Gasteiger partial charge is 0.258 e. The van der Waals surface area contributed by atoms with Crippen molar-refractivity contribution in [1.29, 1.82) is 0 Å². The van der Waals surface area contributed by atoms with Crippen molar-refractivity contribution in [3.63, 3.8) is 0 Å². The number of methoxy groups -OCH3 is 3. The number of aromatic nitrogens is 1. The van der Waals surface area contributed by atoms with E-state index < -0.39 is 0 Å². The molecule has 24 heavy (non-hydrogen) atoms. The number of thiazole rings is 1. The van der Waals surface area contributed by atoms with Gasteiger partial charge in [0.2, 0.25) is 5.75 Å². The first kappa shape index (κ1) is 17.0. The van der Waals surface area contributed by atoms with Crippen molar-refractivity contribution in [2.75, 3.05) is 26.6 Å². The Kier molecular flexibility index (Phi) is 4.96. The van der Waals surface area contributed by atoms with Crippen LogP contribution in [-0.2, 0) is 12.8 Å². The molecule has 8 heteroatoms. The first-order chi connectivity index (χ1) is 11.6. The van der Waals surface area contributed by atoms with Crippen molar-refractivity contribution in [3.8, 4) is 17.2 Å². The van der Waals surface area contributed by atoms with Crippen LogP contribution in [0.5, 0.6) is 17.2 Å². The Bertz CT molecular complexity index is 769. The highest BCUT2D eigenvalue weighted by atomic mass is 79.9. The van der Waals surface area contributed by atoms with Gasteiger partial charge in [0.05, 0.1) is 37.1 Å². The molecule has 1 aromatic carbocycles. The van der Waals surface area contributed by atoms with Gasteiger partial charge in [-0.1, -0.05) is 0 Å². The van der Waals surface area contributed by atoms with E-state index >= 15 is 0 Å². The Hall–Kier alpha value is -1.80. The second-order valence-corrected chi connectivity index (χ2v) is 7.08. The summed E-state index contributed by atoms with van der Waals surface area (Å²) >= 11 is 4.95. The number of fused-ring (bicyclic) bond motifs is 1. The van der Waals surface area contributed by atoms with Crippen LogP contribution in [-0.4, -0.2) is 32.2 Å². The Morgan fingerprint density at radius 3 is 2.58 bits per heavy atom. The van der Waals surface area contributed by atoms with Crippen molar-refractivity contribution in [1.82, 2.24) is 4.98 Å². The molecule has 1 heterocycles. The highest BCUT2D eigenvalue weighted by Crippen LogP contribution is 2.45. The summed E-state index contributed by atoms with van der Waals surface area (Å²) in [4.78, 5) is 18.4. The number of amides is 1. The number of carbonyl (C=O) groups excluding carboxylic acids is 1. The summed E-state index contributed by atoms with van der Waals surface area (Å²) in [6.07, 6.45) is 3.16. The van der Waals surface area contributed by atoms with E-state index in [0.29, 0.717) is 32.4 Å². The molecule has 1 aliphatic rings. The van der Waals surface area contributed by atoms with E-state index in [4.69, 9.17) is 14.2 Å². The van der Waals surface area contributed by atoms with Gasteiger partial charge >= 0.3 is 0 Å². The van der Waals surface area contributed by atoms with Gasteiger partial charge in [0.25, 0.3) is 5.91 Å². The zero-order chi connectivity index (χ0) is 17.3. The highest BCUT2D eigenvalue weighted by molar-refractivity contribution is 9.10. The third-order valence-electron chi connectivity index (χ3n) is 3.83. The second kappa shape index (κ2) is 6.98. The Balaban J connectivity index is 1.93.